The van der Waals surface area contributed by atoms with Crippen molar-refractivity contribution in [2.75, 3.05) is 59.0 Å². The summed E-state index contributed by atoms with van der Waals surface area (Å²) in [6.07, 6.45) is 0. The standard InChI is InChI=1S/C23H32ClN5O2/c1-18-21(19(2)29(25-18)15-20-5-3-4-6-22(20)24)16-26-7-9-27(10-8-26)17-23(30)28-11-13-31-14-12-28/h3-6H,7-17H2,1-2H3. The van der Waals surface area contributed by atoms with Crippen molar-refractivity contribution in [2.45, 2.75) is 26.9 Å². The molecule has 2 fully saturated rings. The number of rotatable bonds is 6. The first-order valence-corrected chi connectivity index (χ1v) is 11.5. The molecule has 0 unspecified atom stereocenters. The molecule has 0 radical (unpaired) electrons. The van der Waals surface area contributed by atoms with Crippen LogP contribution in [-0.4, -0.2) is 89.4 Å². The maximum absolute atomic E-state index is 12.5. The molecule has 0 atom stereocenters. The van der Waals surface area contributed by atoms with E-state index in [4.69, 9.17) is 21.4 Å². The van der Waals surface area contributed by atoms with Crippen molar-refractivity contribution in [1.29, 1.82) is 0 Å². The number of halogens is 1. The van der Waals surface area contributed by atoms with Crippen LogP contribution in [0.4, 0.5) is 0 Å². The van der Waals surface area contributed by atoms with Crippen molar-refractivity contribution in [3.05, 3.63) is 51.8 Å². The molecule has 168 valence electrons. The van der Waals surface area contributed by atoms with Gasteiger partial charge in [0.25, 0.3) is 0 Å². The highest BCUT2D eigenvalue weighted by molar-refractivity contribution is 6.31. The van der Waals surface area contributed by atoms with Crippen molar-refractivity contribution in [3.63, 3.8) is 0 Å². The summed E-state index contributed by atoms with van der Waals surface area (Å²) in [6.45, 7) is 12.8. The highest BCUT2D eigenvalue weighted by atomic mass is 35.5. The highest BCUT2D eigenvalue weighted by Crippen LogP contribution is 2.21. The second-order valence-corrected chi connectivity index (χ2v) is 8.85. The molecule has 0 bridgehead atoms. The van der Waals surface area contributed by atoms with E-state index in [1.165, 1.54) is 11.3 Å². The summed E-state index contributed by atoms with van der Waals surface area (Å²) >= 11 is 6.34. The van der Waals surface area contributed by atoms with Crippen molar-refractivity contribution < 1.29 is 9.53 Å². The maximum Gasteiger partial charge on any atom is 0.236 e. The summed E-state index contributed by atoms with van der Waals surface area (Å²) in [5.41, 5.74) is 4.65. The monoisotopic (exact) mass is 445 g/mol. The summed E-state index contributed by atoms with van der Waals surface area (Å²) in [5.74, 6) is 0.226. The van der Waals surface area contributed by atoms with E-state index in [1.54, 1.807) is 0 Å². The third-order valence-corrected chi connectivity index (χ3v) is 6.75. The number of hydrogen-bond donors (Lipinski definition) is 0. The first-order valence-electron chi connectivity index (χ1n) is 11.1. The van der Waals surface area contributed by atoms with Gasteiger partial charge in [0.15, 0.2) is 0 Å². The number of hydrogen-bond acceptors (Lipinski definition) is 5. The molecule has 1 aromatic heterocycles. The lowest BCUT2D eigenvalue weighted by Gasteiger charge is -2.36. The van der Waals surface area contributed by atoms with E-state index in [1.807, 2.05) is 23.1 Å². The molecule has 3 heterocycles. The van der Waals surface area contributed by atoms with E-state index in [-0.39, 0.29) is 5.91 Å². The van der Waals surface area contributed by atoms with Gasteiger partial charge < -0.3 is 9.64 Å². The molecule has 4 rings (SSSR count). The van der Waals surface area contributed by atoms with Crippen LogP contribution in [0.25, 0.3) is 0 Å². The van der Waals surface area contributed by atoms with Gasteiger partial charge in [-0.1, -0.05) is 29.8 Å². The average Bonchev–Trinajstić information content (AvgIpc) is 3.04. The van der Waals surface area contributed by atoms with Crippen molar-refractivity contribution in [1.82, 2.24) is 24.5 Å². The van der Waals surface area contributed by atoms with Crippen molar-refractivity contribution >= 4 is 17.5 Å². The van der Waals surface area contributed by atoms with E-state index in [0.29, 0.717) is 26.3 Å². The Morgan fingerprint density at radius 2 is 1.68 bits per heavy atom. The fraction of sp³-hybridized carbons (Fsp3) is 0.565. The minimum absolute atomic E-state index is 0.226. The molecule has 0 aliphatic carbocycles. The molecule has 2 aliphatic rings. The number of piperazine rings is 1. The Hall–Kier alpha value is -1.93. The zero-order valence-electron chi connectivity index (χ0n) is 18.5. The van der Waals surface area contributed by atoms with Gasteiger partial charge in [-0.3, -0.25) is 19.3 Å². The molecule has 31 heavy (non-hydrogen) atoms. The fourth-order valence-corrected chi connectivity index (χ4v) is 4.53. The Kier molecular flexibility index (Phi) is 7.27. The highest BCUT2D eigenvalue weighted by Gasteiger charge is 2.24. The molecule has 2 aromatic rings. The largest absolute Gasteiger partial charge is 0.378 e. The van der Waals surface area contributed by atoms with Gasteiger partial charge in [0.1, 0.15) is 0 Å². The van der Waals surface area contributed by atoms with Crippen LogP contribution >= 0.6 is 11.6 Å². The van der Waals surface area contributed by atoms with E-state index in [0.717, 1.165) is 62.1 Å². The van der Waals surface area contributed by atoms with E-state index < -0.39 is 0 Å². The number of aryl methyl sites for hydroxylation is 1. The fourth-order valence-electron chi connectivity index (χ4n) is 4.34. The van der Waals surface area contributed by atoms with Crippen LogP contribution in [0.2, 0.25) is 5.02 Å². The predicted molar refractivity (Wildman–Crippen MR) is 121 cm³/mol. The lowest BCUT2D eigenvalue weighted by atomic mass is 10.1. The molecule has 7 nitrogen and oxygen atoms in total. The predicted octanol–water partition coefficient (Wildman–Crippen LogP) is 2.18. The summed E-state index contributed by atoms with van der Waals surface area (Å²) in [5, 5.41) is 5.56. The second kappa shape index (κ2) is 10.1. The third-order valence-electron chi connectivity index (χ3n) is 6.38. The van der Waals surface area contributed by atoms with Gasteiger partial charge in [0, 0.05) is 62.1 Å². The smallest absolute Gasteiger partial charge is 0.236 e. The molecule has 1 amide bonds. The van der Waals surface area contributed by atoms with E-state index in [9.17, 15) is 4.79 Å². The summed E-state index contributed by atoms with van der Waals surface area (Å²) < 4.78 is 7.40. The normalized spacial score (nSPS) is 18.5. The van der Waals surface area contributed by atoms with Crippen LogP contribution in [0.5, 0.6) is 0 Å². The maximum atomic E-state index is 12.5. The van der Waals surface area contributed by atoms with Gasteiger partial charge >= 0.3 is 0 Å². The quantitative estimate of drug-likeness (QED) is 0.682. The molecule has 2 saturated heterocycles. The zero-order valence-corrected chi connectivity index (χ0v) is 19.3. The second-order valence-electron chi connectivity index (χ2n) is 8.44. The van der Waals surface area contributed by atoms with Gasteiger partial charge in [0.2, 0.25) is 5.91 Å². The lowest BCUT2D eigenvalue weighted by molar-refractivity contribution is -0.136. The summed E-state index contributed by atoms with van der Waals surface area (Å²) in [7, 11) is 0. The minimum Gasteiger partial charge on any atom is -0.378 e. The van der Waals surface area contributed by atoms with Gasteiger partial charge in [-0.05, 0) is 25.5 Å². The Morgan fingerprint density at radius 3 is 2.39 bits per heavy atom. The van der Waals surface area contributed by atoms with Crippen LogP contribution in [0.1, 0.15) is 22.5 Å². The van der Waals surface area contributed by atoms with Gasteiger partial charge in [-0.25, -0.2) is 0 Å². The number of nitrogens with zero attached hydrogens (tertiary/aromatic N) is 5. The van der Waals surface area contributed by atoms with Gasteiger partial charge in [-0.15, -0.1) is 0 Å². The average molecular weight is 446 g/mol. The number of morpholine rings is 1. The van der Waals surface area contributed by atoms with Crippen LogP contribution in [0, 0.1) is 13.8 Å². The van der Waals surface area contributed by atoms with E-state index in [2.05, 4.69) is 34.4 Å². The summed E-state index contributed by atoms with van der Waals surface area (Å²) in [4.78, 5) is 19.2. The Bertz CT molecular complexity index is 901. The van der Waals surface area contributed by atoms with Crippen LogP contribution < -0.4 is 0 Å². The van der Waals surface area contributed by atoms with Crippen LogP contribution in [0.15, 0.2) is 24.3 Å². The van der Waals surface area contributed by atoms with Crippen LogP contribution in [0.3, 0.4) is 0 Å². The number of benzene rings is 1. The number of carbonyl (C=O) groups excluding carboxylic acids is 1. The summed E-state index contributed by atoms with van der Waals surface area (Å²) in [6, 6.07) is 7.94. The number of ether oxygens (including phenoxy) is 1. The van der Waals surface area contributed by atoms with Gasteiger partial charge in [0.05, 0.1) is 32.0 Å². The first kappa shape index (κ1) is 22.3. The molecular weight excluding hydrogens is 414 g/mol. The Labute approximate surface area is 189 Å². The molecule has 8 heteroatoms. The van der Waals surface area contributed by atoms with E-state index >= 15 is 0 Å². The molecule has 1 aromatic carbocycles. The lowest BCUT2D eigenvalue weighted by Crippen LogP contribution is -2.51. The third kappa shape index (κ3) is 5.47. The van der Waals surface area contributed by atoms with Crippen LogP contribution in [-0.2, 0) is 22.6 Å². The molecule has 2 aliphatic heterocycles. The SMILES string of the molecule is Cc1nn(Cc2ccccc2Cl)c(C)c1CN1CCN(CC(=O)N2CCOCC2)CC1. The topological polar surface area (TPSA) is 53.8 Å². The van der Waals surface area contributed by atoms with Gasteiger partial charge in [-0.2, -0.15) is 5.10 Å². The zero-order chi connectivity index (χ0) is 21.8. The molecular formula is C23H32ClN5O2. The number of carbonyl (C=O) groups is 1. The molecule has 0 spiro atoms. The Balaban J connectivity index is 1.31. The van der Waals surface area contributed by atoms with Crippen molar-refractivity contribution in [2.24, 2.45) is 0 Å². The first-order chi connectivity index (χ1) is 15.0. The van der Waals surface area contributed by atoms with Crippen molar-refractivity contribution in [3.8, 4) is 0 Å². The number of aromatic nitrogens is 2. The molecule has 0 N–H and O–H groups in total. The Morgan fingerprint density at radius 1 is 1.00 bits per heavy atom. The number of amides is 1. The molecule has 0 saturated carbocycles. The minimum atomic E-state index is 0.226.